The lowest BCUT2D eigenvalue weighted by atomic mass is 9.99. The Hall–Kier alpha value is -3.66. The molecule has 31 heavy (non-hydrogen) atoms. The van der Waals surface area contributed by atoms with E-state index in [1.54, 1.807) is 18.2 Å². The predicted molar refractivity (Wildman–Crippen MR) is 112 cm³/mol. The van der Waals surface area contributed by atoms with E-state index in [0.717, 1.165) is 16.5 Å². The van der Waals surface area contributed by atoms with Gasteiger partial charge in [0.1, 0.15) is 17.9 Å². The minimum absolute atomic E-state index is 0.112. The van der Waals surface area contributed by atoms with Crippen LogP contribution in [0.5, 0.6) is 0 Å². The normalized spacial score (nSPS) is 19.0. The van der Waals surface area contributed by atoms with Gasteiger partial charge in [0.2, 0.25) is 5.91 Å². The van der Waals surface area contributed by atoms with Gasteiger partial charge in [-0.3, -0.25) is 14.5 Å². The molecule has 1 aliphatic rings. The van der Waals surface area contributed by atoms with Crippen LogP contribution in [0.1, 0.15) is 12.7 Å². The van der Waals surface area contributed by atoms with E-state index in [-0.39, 0.29) is 10.7 Å². The van der Waals surface area contributed by atoms with Crippen LogP contribution in [0, 0.1) is 0 Å². The van der Waals surface area contributed by atoms with Gasteiger partial charge < -0.3 is 15.1 Å². The molecule has 1 aliphatic heterocycles. The topological polar surface area (TPSA) is 126 Å². The van der Waals surface area contributed by atoms with E-state index in [4.69, 9.17) is 4.42 Å². The summed E-state index contributed by atoms with van der Waals surface area (Å²) in [5.74, 6) is -0.949. The maximum Gasteiger partial charge on any atom is 0.325 e. The molecule has 0 bridgehead atoms. The first-order valence-electron chi connectivity index (χ1n) is 9.31. The second kappa shape index (κ2) is 7.24. The van der Waals surface area contributed by atoms with E-state index in [0.29, 0.717) is 11.3 Å². The number of anilines is 1. The molecule has 160 valence electrons. The number of furan rings is 1. The molecule has 2 aromatic carbocycles. The van der Waals surface area contributed by atoms with E-state index < -0.39 is 39.8 Å². The molecule has 1 saturated heterocycles. The number of amides is 4. The minimum Gasteiger partial charge on any atom is -0.458 e. The quantitative estimate of drug-likeness (QED) is 0.585. The summed E-state index contributed by atoms with van der Waals surface area (Å²) in [6, 6.07) is 13.8. The number of carbonyl (C=O) groups is 3. The Balaban J connectivity index is 1.49. The molecule has 1 atom stereocenters. The van der Waals surface area contributed by atoms with Gasteiger partial charge in [-0.05, 0) is 43.3 Å². The zero-order chi connectivity index (χ0) is 22.4. The summed E-state index contributed by atoms with van der Waals surface area (Å²) < 4.78 is 28.8. The molecule has 9 nitrogen and oxygen atoms in total. The van der Waals surface area contributed by atoms with Crippen molar-refractivity contribution in [2.45, 2.75) is 17.4 Å². The zero-order valence-corrected chi connectivity index (χ0v) is 17.5. The van der Waals surface area contributed by atoms with Crippen LogP contribution >= 0.6 is 0 Å². The lowest BCUT2D eigenvalue weighted by molar-refractivity contribution is -0.134. The first-order chi connectivity index (χ1) is 14.6. The number of hydrogen-bond acceptors (Lipinski definition) is 6. The van der Waals surface area contributed by atoms with Crippen LogP contribution in [-0.4, -0.2) is 44.0 Å². The molecule has 0 radical (unpaired) electrons. The lowest BCUT2D eigenvalue weighted by Gasteiger charge is -2.18. The molecule has 0 spiro atoms. The lowest BCUT2D eigenvalue weighted by Crippen LogP contribution is -2.41. The Morgan fingerprint density at radius 1 is 1.13 bits per heavy atom. The van der Waals surface area contributed by atoms with Crippen molar-refractivity contribution in [3.8, 4) is 0 Å². The molecule has 1 aromatic heterocycles. The number of fused-ring (bicyclic) bond motifs is 1. The minimum atomic E-state index is -3.36. The van der Waals surface area contributed by atoms with Gasteiger partial charge in [-0.25, -0.2) is 13.2 Å². The van der Waals surface area contributed by atoms with Gasteiger partial charge >= 0.3 is 6.03 Å². The molecule has 4 amide bonds. The largest absolute Gasteiger partial charge is 0.458 e. The van der Waals surface area contributed by atoms with Crippen molar-refractivity contribution in [1.82, 2.24) is 10.2 Å². The standard InChI is InChI=1S/C21H19N3O6S/c1-21(17-11-13-5-3-4-6-16(13)30-17)19(26)24(20(27)23-21)12-18(25)22-14-7-9-15(10-8-14)31(2,28)29/h3-11H,12H2,1-2H3,(H,22,25)(H,23,27)/t21-/m1/s1. The van der Waals surface area contributed by atoms with Crippen molar-refractivity contribution < 1.29 is 27.2 Å². The highest BCUT2D eigenvalue weighted by Gasteiger charge is 2.51. The molecule has 0 unspecified atom stereocenters. The van der Waals surface area contributed by atoms with Gasteiger partial charge in [-0.2, -0.15) is 0 Å². The maximum absolute atomic E-state index is 13.0. The summed E-state index contributed by atoms with van der Waals surface area (Å²) in [5.41, 5.74) is -0.521. The summed E-state index contributed by atoms with van der Waals surface area (Å²) in [6.07, 6.45) is 1.08. The van der Waals surface area contributed by atoms with Crippen molar-refractivity contribution >= 4 is 44.3 Å². The number of para-hydroxylation sites is 1. The van der Waals surface area contributed by atoms with Gasteiger partial charge in [-0.15, -0.1) is 0 Å². The summed E-state index contributed by atoms with van der Waals surface area (Å²) >= 11 is 0. The number of benzene rings is 2. The Labute approximate surface area is 177 Å². The highest BCUT2D eigenvalue weighted by atomic mass is 32.2. The molecule has 4 rings (SSSR count). The Morgan fingerprint density at radius 2 is 1.81 bits per heavy atom. The number of sulfone groups is 1. The van der Waals surface area contributed by atoms with Gasteiger partial charge in [0.25, 0.3) is 5.91 Å². The van der Waals surface area contributed by atoms with Crippen LogP contribution in [0.25, 0.3) is 11.0 Å². The molecule has 3 aromatic rings. The average molecular weight is 441 g/mol. The van der Waals surface area contributed by atoms with E-state index in [2.05, 4.69) is 10.6 Å². The first-order valence-corrected chi connectivity index (χ1v) is 11.2. The number of nitrogens with one attached hydrogen (secondary N) is 2. The number of rotatable bonds is 5. The van der Waals surface area contributed by atoms with Crippen molar-refractivity contribution in [3.63, 3.8) is 0 Å². The molecular formula is C21H19N3O6S. The molecule has 2 heterocycles. The van der Waals surface area contributed by atoms with Gasteiger partial charge in [0, 0.05) is 17.3 Å². The molecule has 0 aliphatic carbocycles. The van der Waals surface area contributed by atoms with Crippen LogP contribution in [0.3, 0.4) is 0 Å². The van der Waals surface area contributed by atoms with E-state index in [1.807, 2.05) is 12.1 Å². The van der Waals surface area contributed by atoms with Crippen LogP contribution in [0.15, 0.2) is 63.9 Å². The fraction of sp³-hybridized carbons (Fsp3) is 0.190. The number of hydrogen-bond donors (Lipinski definition) is 2. The Kier molecular flexibility index (Phi) is 4.81. The Bertz CT molecular complexity index is 1280. The van der Waals surface area contributed by atoms with Crippen molar-refractivity contribution in [1.29, 1.82) is 0 Å². The van der Waals surface area contributed by atoms with E-state index >= 15 is 0 Å². The SMILES string of the molecule is C[C@]1(c2cc3ccccc3o2)NC(=O)N(CC(=O)Nc2ccc(S(C)(=O)=O)cc2)C1=O. The Morgan fingerprint density at radius 3 is 2.45 bits per heavy atom. The molecule has 1 fully saturated rings. The first kappa shape index (κ1) is 20.6. The summed E-state index contributed by atoms with van der Waals surface area (Å²) in [4.78, 5) is 38.8. The van der Waals surface area contributed by atoms with Gasteiger partial charge in [0.05, 0.1) is 4.90 Å². The van der Waals surface area contributed by atoms with Crippen LogP contribution < -0.4 is 10.6 Å². The second-order valence-electron chi connectivity index (χ2n) is 7.44. The van der Waals surface area contributed by atoms with E-state index in [9.17, 15) is 22.8 Å². The summed E-state index contributed by atoms with van der Waals surface area (Å²) in [7, 11) is -3.36. The number of urea groups is 1. The smallest absolute Gasteiger partial charge is 0.325 e. The average Bonchev–Trinajstić information content (AvgIpc) is 3.24. The maximum atomic E-state index is 13.0. The molecular weight excluding hydrogens is 422 g/mol. The predicted octanol–water partition coefficient (Wildman–Crippen LogP) is 2.24. The van der Waals surface area contributed by atoms with Crippen LogP contribution in [-0.2, 0) is 25.0 Å². The molecule has 0 saturated carbocycles. The summed E-state index contributed by atoms with van der Waals surface area (Å²) in [6.45, 7) is 1.01. The molecule has 2 N–H and O–H groups in total. The van der Waals surface area contributed by atoms with Crippen molar-refractivity contribution in [2.75, 3.05) is 18.1 Å². The monoisotopic (exact) mass is 441 g/mol. The molecule has 10 heteroatoms. The van der Waals surface area contributed by atoms with Gasteiger partial charge in [-0.1, -0.05) is 18.2 Å². The summed E-state index contributed by atoms with van der Waals surface area (Å²) in [5, 5.41) is 5.93. The van der Waals surface area contributed by atoms with Crippen LogP contribution in [0.2, 0.25) is 0 Å². The van der Waals surface area contributed by atoms with Gasteiger partial charge in [0.15, 0.2) is 15.4 Å². The van der Waals surface area contributed by atoms with Crippen LogP contribution in [0.4, 0.5) is 10.5 Å². The fourth-order valence-corrected chi connectivity index (χ4v) is 4.00. The highest BCUT2D eigenvalue weighted by Crippen LogP contribution is 2.33. The third-order valence-electron chi connectivity index (χ3n) is 5.06. The zero-order valence-electron chi connectivity index (χ0n) is 16.7. The third kappa shape index (κ3) is 3.77. The highest BCUT2D eigenvalue weighted by molar-refractivity contribution is 7.90. The number of nitrogens with zero attached hydrogens (tertiary/aromatic N) is 1. The second-order valence-corrected chi connectivity index (χ2v) is 9.46. The fourth-order valence-electron chi connectivity index (χ4n) is 3.37. The van der Waals surface area contributed by atoms with Crippen molar-refractivity contribution in [2.24, 2.45) is 0 Å². The number of imide groups is 1. The van der Waals surface area contributed by atoms with E-state index in [1.165, 1.54) is 31.2 Å². The number of carbonyl (C=O) groups excluding carboxylic acids is 3. The third-order valence-corrected chi connectivity index (χ3v) is 6.19. The van der Waals surface area contributed by atoms with Crippen molar-refractivity contribution in [3.05, 3.63) is 60.4 Å².